The van der Waals surface area contributed by atoms with Crippen LogP contribution in [0.2, 0.25) is 0 Å². The lowest BCUT2D eigenvalue weighted by molar-refractivity contribution is -0.128. The average Bonchev–Trinajstić information content (AvgIpc) is 2.68. The van der Waals surface area contributed by atoms with Gasteiger partial charge in [0, 0.05) is 6.54 Å². The van der Waals surface area contributed by atoms with Gasteiger partial charge in [0.15, 0.2) is 5.11 Å². The van der Waals surface area contributed by atoms with Crippen LogP contribution in [0.3, 0.4) is 0 Å². The number of nitrogens with zero attached hydrogens (tertiary/aromatic N) is 1. The Morgan fingerprint density at radius 3 is 2.61 bits per heavy atom. The Balaban J connectivity index is 1.72. The molecule has 6 heteroatoms. The lowest BCUT2D eigenvalue weighted by Crippen LogP contribution is -2.53. The molecular weight excluding hydrogens is 372 g/mol. The highest BCUT2D eigenvalue weighted by Gasteiger charge is 2.32. The first-order chi connectivity index (χ1) is 13.5. The fraction of sp³-hybridized carbons (Fsp3) is 0.136. The average molecular weight is 392 g/mol. The maximum absolute atomic E-state index is 12.5. The topological polar surface area (TPSA) is 58.6 Å². The molecule has 0 spiro atoms. The van der Waals surface area contributed by atoms with Crippen LogP contribution in [0.15, 0.2) is 66.8 Å². The molecule has 0 unspecified atom stereocenters. The Labute approximate surface area is 169 Å². The Kier molecular flexibility index (Phi) is 6.01. The maximum Gasteiger partial charge on any atom is 0.265 e. The van der Waals surface area contributed by atoms with E-state index in [9.17, 15) is 9.59 Å². The van der Waals surface area contributed by atoms with Gasteiger partial charge in [-0.1, -0.05) is 48.0 Å². The van der Waals surface area contributed by atoms with E-state index in [1.165, 1.54) is 10.5 Å². The van der Waals surface area contributed by atoms with E-state index >= 15 is 0 Å². The number of nitrogens with one attached hydrogen (secondary N) is 1. The number of ether oxygens (including phenoxy) is 1. The minimum atomic E-state index is -0.505. The van der Waals surface area contributed by atoms with Gasteiger partial charge in [0.1, 0.15) is 17.9 Å². The Hall–Kier alpha value is -3.25. The summed E-state index contributed by atoms with van der Waals surface area (Å²) in [5, 5.41) is 2.62. The Morgan fingerprint density at radius 1 is 1.18 bits per heavy atom. The molecule has 5 nitrogen and oxygen atoms in total. The normalized spacial score (nSPS) is 15.5. The Morgan fingerprint density at radius 2 is 1.93 bits per heavy atom. The quantitative estimate of drug-likeness (QED) is 0.354. The van der Waals surface area contributed by atoms with Crippen LogP contribution in [0.5, 0.6) is 5.75 Å². The molecule has 0 aliphatic carbocycles. The van der Waals surface area contributed by atoms with E-state index in [4.69, 9.17) is 17.0 Å². The molecule has 2 aromatic carbocycles. The number of hydrogen-bond acceptors (Lipinski definition) is 4. The number of carbonyl (C=O) groups is 2. The van der Waals surface area contributed by atoms with Crippen molar-refractivity contribution in [1.82, 2.24) is 10.2 Å². The highest BCUT2D eigenvalue weighted by Crippen LogP contribution is 2.19. The van der Waals surface area contributed by atoms with Gasteiger partial charge in [-0.3, -0.25) is 19.8 Å². The zero-order valence-corrected chi connectivity index (χ0v) is 16.3. The van der Waals surface area contributed by atoms with Crippen molar-refractivity contribution in [3.63, 3.8) is 0 Å². The second-order valence-corrected chi connectivity index (χ2v) is 6.76. The van der Waals surface area contributed by atoms with Gasteiger partial charge < -0.3 is 4.74 Å². The molecule has 1 fully saturated rings. The molecule has 142 valence electrons. The number of amides is 2. The van der Waals surface area contributed by atoms with Crippen molar-refractivity contribution in [1.29, 1.82) is 0 Å². The van der Waals surface area contributed by atoms with Crippen LogP contribution in [0.25, 0.3) is 6.08 Å². The van der Waals surface area contributed by atoms with Crippen LogP contribution in [0.4, 0.5) is 0 Å². The van der Waals surface area contributed by atoms with E-state index in [0.717, 1.165) is 5.56 Å². The van der Waals surface area contributed by atoms with Gasteiger partial charge in [-0.25, -0.2) is 0 Å². The molecule has 0 atom stereocenters. The second-order valence-electron chi connectivity index (χ2n) is 6.37. The van der Waals surface area contributed by atoms with E-state index in [-0.39, 0.29) is 17.2 Å². The summed E-state index contributed by atoms with van der Waals surface area (Å²) in [6.45, 7) is 6.35. The first-order valence-electron chi connectivity index (χ1n) is 8.76. The number of carbonyl (C=O) groups excluding carboxylic acids is 2. The largest absolute Gasteiger partial charge is 0.489 e. The molecule has 3 rings (SSSR count). The monoisotopic (exact) mass is 392 g/mol. The first kappa shape index (κ1) is 19.5. The molecule has 28 heavy (non-hydrogen) atoms. The van der Waals surface area contributed by atoms with Crippen LogP contribution in [-0.2, 0) is 16.2 Å². The molecule has 2 aromatic rings. The highest BCUT2D eigenvalue weighted by atomic mass is 32.1. The molecule has 1 aliphatic heterocycles. The van der Waals surface area contributed by atoms with Gasteiger partial charge in [-0.05, 0) is 48.5 Å². The third kappa shape index (κ3) is 4.53. The van der Waals surface area contributed by atoms with Crippen molar-refractivity contribution in [2.75, 3.05) is 6.54 Å². The zero-order chi connectivity index (χ0) is 20.1. The van der Waals surface area contributed by atoms with Crippen LogP contribution in [0, 0.1) is 6.92 Å². The number of benzene rings is 2. The van der Waals surface area contributed by atoms with Crippen molar-refractivity contribution in [2.45, 2.75) is 13.5 Å². The fourth-order valence-electron chi connectivity index (χ4n) is 2.78. The molecule has 0 bridgehead atoms. The van der Waals surface area contributed by atoms with E-state index in [1.807, 2.05) is 25.1 Å². The van der Waals surface area contributed by atoms with E-state index in [1.54, 1.807) is 36.4 Å². The maximum atomic E-state index is 12.5. The van der Waals surface area contributed by atoms with E-state index in [2.05, 4.69) is 18.0 Å². The third-order valence-corrected chi connectivity index (χ3v) is 4.50. The minimum Gasteiger partial charge on any atom is -0.489 e. The van der Waals surface area contributed by atoms with Gasteiger partial charge >= 0.3 is 0 Å². The molecule has 1 heterocycles. The molecule has 0 radical (unpaired) electrons. The predicted molar refractivity (Wildman–Crippen MR) is 113 cm³/mol. The third-order valence-electron chi connectivity index (χ3n) is 4.18. The Bertz CT molecular complexity index is 964. The van der Waals surface area contributed by atoms with Crippen LogP contribution in [0.1, 0.15) is 16.7 Å². The highest BCUT2D eigenvalue weighted by molar-refractivity contribution is 7.80. The summed E-state index contributed by atoms with van der Waals surface area (Å²) in [7, 11) is 0. The van der Waals surface area contributed by atoms with Crippen LogP contribution >= 0.6 is 12.2 Å². The van der Waals surface area contributed by atoms with Gasteiger partial charge in [-0.2, -0.15) is 0 Å². The van der Waals surface area contributed by atoms with Crippen molar-refractivity contribution >= 4 is 35.2 Å². The van der Waals surface area contributed by atoms with Gasteiger partial charge in [0.2, 0.25) is 0 Å². The van der Waals surface area contributed by atoms with Gasteiger partial charge in [-0.15, -0.1) is 6.58 Å². The van der Waals surface area contributed by atoms with Gasteiger partial charge in [0.25, 0.3) is 11.8 Å². The number of hydrogen-bond donors (Lipinski definition) is 1. The summed E-state index contributed by atoms with van der Waals surface area (Å²) in [6, 6.07) is 15.3. The van der Waals surface area contributed by atoms with Crippen LogP contribution in [-0.4, -0.2) is 28.4 Å². The first-order valence-corrected chi connectivity index (χ1v) is 9.17. The summed E-state index contributed by atoms with van der Waals surface area (Å²) in [6.07, 6.45) is 3.10. The van der Waals surface area contributed by atoms with Crippen molar-refractivity contribution < 1.29 is 14.3 Å². The van der Waals surface area contributed by atoms with Crippen molar-refractivity contribution in [2.24, 2.45) is 0 Å². The minimum absolute atomic E-state index is 0.0314. The second kappa shape index (κ2) is 8.63. The molecule has 1 aliphatic rings. The summed E-state index contributed by atoms with van der Waals surface area (Å²) >= 11 is 5.04. The molecular formula is C22H20N2O3S. The number of rotatable bonds is 6. The summed E-state index contributed by atoms with van der Waals surface area (Å²) in [4.78, 5) is 26.0. The number of thiocarbonyl (C=S) groups is 1. The van der Waals surface area contributed by atoms with Crippen molar-refractivity contribution in [3.05, 3.63) is 83.4 Å². The van der Waals surface area contributed by atoms with Crippen LogP contribution < -0.4 is 10.1 Å². The fourth-order valence-corrected chi connectivity index (χ4v) is 3.03. The van der Waals surface area contributed by atoms with E-state index < -0.39 is 11.8 Å². The van der Waals surface area contributed by atoms with Gasteiger partial charge in [0.05, 0.1) is 0 Å². The zero-order valence-electron chi connectivity index (χ0n) is 15.5. The van der Waals surface area contributed by atoms with Crippen molar-refractivity contribution in [3.8, 4) is 5.75 Å². The summed E-state index contributed by atoms with van der Waals surface area (Å²) < 4.78 is 5.79. The predicted octanol–water partition coefficient (Wildman–Crippen LogP) is 3.39. The number of aryl methyl sites for hydroxylation is 1. The smallest absolute Gasteiger partial charge is 0.265 e. The SMILES string of the molecule is C=CCN1C(=O)/C(=C\c2ccc(OCc3cccc(C)c3)cc2)C(=O)NC1=S. The summed E-state index contributed by atoms with van der Waals surface area (Å²) in [5.41, 5.74) is 3.02. The summed E-state index contributed by atoms with van der Waals surface area (Å²) in [5.74, 6) is -0.235. The lowest BCUT2D eigenvalue weighted by Gasteiger charge is -2.27. The molecule has 2 amide bonds. The van der Waals surface area contributed by atoms with E-state index in [0.29, 0.717) is 17.9 Å². The molecule has 1 saturated heterocycles. The molecule has 0 saturated carbocycles. The molecule has 0 aromatic heterocycles. The standard InChI is InChI=1S/C22H20N2O3S/c1-3-11-24-21(26)19(20(25)23-22(24)28)13-16-7-9-18(10-8-16)27-14-17-6-4-5-15(2)12-17/h3-10,12-13H,1,11,14H2,2H3,(H,23,25,28)/b19-13-. The molecule has 1 N–H and O–H groups in total. The lowest BCUT2D eigenvalue weighted by atomic mass is 10.1.